The molecule has 5 rings (SSSR count). The maximum Gasteiger partial charge on any atom is 0.298 e. The van der Waals surface area contributed by atoms with Crippen molar-refractivity contribution >= 4 is 17.4 Å². The molecule has 172 valence electrons. The Morgan fingerprint density at radius 2 is 2.03 bits per heavy atom. The van der Waals surface area contributed by atoms with Crippen LogP contribution in [0.4, 0.5) is 5.95 Å². The second kappa shape index (κ2) is 9.12. The average Bonchev–Trinajstić information content (AvgIpc) is 3.51. The first kappa shape index (κ1) is 21.9. The largest absolute Gasteiger partial charge is 0.421 e. The van der Waals surface area contributed by atoms with Crippen LogP contribution in [0.15, 0.2) is 48.9 Å². The normalized spacial score (nSPS) is 14.9. The van der Waals surface area contributed by atoms with Gasteiger partial charge in [0.25, 0.3) is 5.91 Å². The van der Waals surface area contributed by atoms with Gasteiger partial charge >= 0.3 is 0 Å². The lowest BCUT2D eigenvalue weighted by molar-refractivity contribution is -0.124. The standard InChI is InChI=1S/C25H20N8O2/c1-2-3-22(34)32-11-8-18(15-32)23-19-7-10-29-25(27)33(19)24(31-23)17-4-5-20(30-14-17)35-21-12-16(13-26)6-9-28-21/h4-7,9-10,12,14,18H,8,11,15H2,1H3,(H2,27,29). The number of likely N-dealkylation sites (tertiary alicyclic amines) is 1. The lowest BCUT2D eigenvalue weighted by atomic mass is 10.0. The molecule has 0 bridgehead atoms. The lowest BCUT2D eigenvalue weighted by Gasteiger charge is -2.12. The van der Waals surface area contributed by atoms with Gasteiger partial charge in [-0.15, -0.1) is 0 Å². The zero-order valence-corrected chi connectivity index (χ0v) is 18.8. The summed E-state index contributed by atoms with van der Waals surface area (Å²) >= 11 is 0. The molecule has 1 aliphatic heterocycles. The van der Waals surface area contributed by atoms with E-state index < -0.39 is 0 Å². The molecule has 35 heavy (non-hydrogen) atoms. The summed E-state index contributed by atoms with van der Waals surface area (Å²) in [5, 5.41) is 9.05. The van der Waals surface area contributed by atoms with Crippen LogP contribution in [-0.2, 0) is 4.79 Å². The number of rotatable bonds is 4. The summed E-state index contributed by atoms with van der Waals surface area (Å²) in [5.41, 5.74) is 9.09. The quantitative estimate of drug-likeness (QED) is 0.456. The van der Waals surface area contributed by atoms with Crippen LogP contribution in [-0.4, -0.2) is 48.2 Å². The van der Waals surface area contributed by atoms with E-state index in [2.05, 4.69) is 26.8 Å². The predicted molar refractivity (Wildman–Crippen MR) is 127 cm³/mol. The van der Waals surface area contributed by atoms with Gasteiger partial charge in [0, 0.05) is 55.3 Å². The van der Waals surface area contributed by atoms with Crippen LogP contribution in [0, 0.1) is 23.2 Å². The minimum Gasteiger partial charge on any atom is -0.421 e. The second-order valence-electron chi connectivity index (χ2n) is 7.94. The maximum absolute atomic E-state index is 12.2. The number of amides is 1. The fourth-order valence-corrected chi connectivity index (χ4v) is 4.15. The first-order valence-corrected chi connectivity index (χ1v) is 10.9. The van der Waals surface area contributed by atoms with Crippen molar-refractivity contribution in [2.45, 2.75) is 19.3 Å². The zero-order chi connectivity index (χ0) is 24.4. The van der Waals surface area contributed by atoms with Crippen molar-refractivity contribution in [2.24, 2.45) is 0 Å². The highest BCUT2D eigenvalue weighted by Gasteiger charge is 2.30. The van der Waals surface area contributed by atoms with Crippen molar-refractivity contribution in [3.8, 4) is 41.1 Å². The van der Waals surface area contributed by atoms with Gasteiger partial charge in [0.1, 0.15) is 5.82 Å². The molecule has 0 spiro atoms. The van der Waals surface area contributed by atoms with Crippen molar-refractivity contribution in [1.29, 1.82) is 5.26 Å². The molecule has 4 aromatic rings. The number of aromatic nitrogens is 5. The van der Waals surface area contributed by atoms with Gasteiger partial charge in [-0.25, -0.2) is 19.9 Å². The third-order valence-corrected chi connectivity index (χ3v) is 5.77. The summed E-state index contributed by atoms with van der Waals surface area (Å²) in [7, 11) is 0. The summed E-state index contributed by atoms with van der Waals surface area (Å²) in [4.78, 5) is 31.6. The number of hydrogen-bond acceptors (Lipinski definition) is 8. The Labute approximate surface area is 201 Å². The molecule has 10 heteroatoms. The van der Waals surface area contributed by atoms with E-state index in [1.54, 1.807) is 40.8 Å². The number of hydrogen-bond donors (Lipinski definition) is 1. The van der Waals surface area contributed by atoms with E-state index in [1.807, 2.05) is 18.2 Å². The molecular formula is C25H20N8O2. The molecule has 4 aromatic heterocycles. The zero-order valence-electron chi connectivity index (χ0n) is 18.8. The monoisotopic (exact) mass is 464 g/mol. The highest BCUT2D eigenvalue weighted by Crippen LogP contribution is 2.34. The predicted octanol–water partition coefficient (Wildman–Crippen LogP) is 2.77. The highest BCUT2D eigenvalue weighted by molar-refractivity contribution is 5.93. The molecule has 5 heterocycles. The number of nitriles is 1. The van der Waals surface area contributed by atoms with Crippen molar-refractivity contribution in [2.75, 3.05) is 18.8 Å². The molecule has 10 nitrogen and oxygen atoms in total. The fraction of sp³-hybridized carbons (Fsp3) is 0.200. The Balaban J connectivity index is 1.46. The van der Waals surface area contributed by atoms with E-state index >= 15 is 0 Å². The van der Waals surface area contributed by atoms with Gasteiger partial charge < -0.3 is 15.4 Å². The topological polar surface area (TPSA) is 135 Å². The first-order valence-electron chi connectivity index (χ1n) is 10.9. The van der Waals surface area contributed by atoms with Crippen molar-refractivity contribution in [1.82, 2.24) is 29.2 Å². The van der Waals surface area contributed by atoms with Crippen molar-refractivity contribution < 1.29 is 9.53 Å². The molecule has 1 fully saturated rings. The minimum absolute atomic E-state index is 0.0530. The van der Waals surface area contributed by atoms with Gasteiger partial charge in [-0.05, 0) is 37.5 Å². The fourth-order valence-electron chi connectivity index (χ4n) is 4.15. The molecular weight excluding hydrogens is 444 g/mol. The van der Waals surface area contributed by atoms with Gasteiger partial charge in [-0.3, -0.25) is 9.20 Å². The van der Waals surface area contributed by atoms with Crippen LogP contribution >= 0.6 is 0 Å². The number of imidazole rings is 1. The van der Waals surface area contributed by atoms with E-state index in [0.29, 0.717) is 36.3 Å². The van der Waals surface area contributed by atoms with Crippen LogP contribution < -0.4 is 10.5 Å². The molecule has 1 atom stereocenters. The van der Waals surface area contributed by atoms with Crippen LogP contribution in [0.5, 0.6) is 11.8 Å². The molecule has 0 aliphatic carbocycles. The number of fused-ring (bicyclic) bond motifs is 1. The molecule has 1 unspecified atom stereocenters. The van der Waals surface area contributed by atoms with Crippen LogP contribution in [0.2, 0.25) is 0 Å². The number of nitrogens with two attached hydrogens (primary N) is 1. The van der Waals surface area contributed by atoms with E-state index in [1.165, 1.54) is 12.3 Å². The van der Waals surface area contributed by atoms with Crippen molar-refractivity contribution in [3.05, 3.63) is 60.2 Å². The average molecular weight is 464 g/mol. The summed E-state index contributed by atoms with van der Waals surface area (Å²) in [5.74, 6) is 6.66. The van der Waals surface area contributed by atoms with Crippen molar-refractivity contribution in [3.63, 3.8) is 0 Å². The molecule has 0 saturated carbocycles. The maximum atomic E-state index is 12.2. The SMILES string of the molecule is CC#CC(=O)N1CCC(c2nc(-c3ccc(Oc4cc(C#N)ccn4)nc3)n3c(N)nccc23)C1. The Morgan fingerprint density at radius 3 is 2.80 bits per heavy atom. The van der Waals surface area contributed by atoms with E-state index in [9.17, 15) is 4.79 Å². The van der Waals surface area contributed by atoms with Crippen LogP contribution in [0.25, 0.3) is 16.9 Å². The highest BCUT2D eigenvalue weighted by atomic mass is 16.5. The number of nitrogen functional groups attached to an aromatic ring is 1. The first-order chi connectivity index (χ1) is 17.1. The van der Waals surface area contributed by atoms with Gasteiger partial charge in [0.2, 0.25) is 17.7 Å². The molecule has 0 radical (unpaired) electrons. The van der Waals surface area contributed by atoms with E-state index in [-0.39, 0.29) is 17.7 Å². The summed E-state index contributed by atoms with van der Waals surface area (Å²) < 4.78 is 7.47. The molecule has 0 aromatic carbocycles. The number of anilines is 1. The van der Waals surface area contributed by atoms with E-state index in [0.717, 1.165) is 23.2 Å². The summed E-state index contributed by atoms with van der Waals surface area (Å²) in [6.45, 7) is 2.82. The summed E-state index contributed by atoms with van der Waals surface area (Å²) in [6, 6.07) is 10.6. The molecule has 1 saturated heterocycles. The summed E-state index contributed by atoms with van der Waals surface area (Å²) in [6.07, 6.45) is 5.57. The number of pyridine rings is 2. The number of carbonyl (C=O) groups excluding carboxylic acids is 1. The number of carbonyl (C=O) groups is 1. The van der Waals surface area contributed by atoms with Gasteiger partial charge in [-0.1, -0.05) is 5.92 Å². The van der Waals surface area contributed by atoms with Gasteiger partial charge in [-0.2, -0.15) is 5.26 Å². The van der Waals surface area contributed by atoms with E-state index in [4.69, 9.17) is 20.7 Å². The smallest absolute Gasteiger partial charge is 0.298 e. The third-order valence-electron chi connectivity index (χ3n) is 5.77. The Hall–Kier alpha value is -4.96. The van der Waals surface area contributed by atoms with Crippen LogP contribution in [0.3, 0.4) is 0 Å². The molecule has 1 aliphatic rings. The van der Waals surface area contributed by atoms with Gasteiger partial charge in [0.05, 0.1) is 22.8 Å². The number of ether oxygens (including phenoxy) is 1. The Bertz CT molecular complexity index is 1530. The minimum atomic E-state index is -0.172. The van der Waals surface area contributed by atoms with Gasteiger partial charge in [0.15, 0.2) is 0 Å². The Morgan fingerprint density at radius 1 is 1.17 bits per heavy atom. The Kier molecular flexibility index (Phi) is 5.70. The van der Waals surface area contributed by atoms with Crippen LogP contribution in [0.1, 0.15) is 30.5 Å². The third kappa shape index (κ3) is 4.21. The second-order valence-corrected chi connectivity index (χ2v) is 7.94. The molecule has 2 N–H and O–H groups in total. The number of nitrogens with zero attached hydrogens (tertiary/aromatic N) is 7. The lowest BCUT2D eigenvalue weighted by Crippen LogP contribution is -2.26. The molecule has 1 amide bonds.